The third-order valence-corrected chi connectivity index (χ3v) is 4.53. The van der Waals surface area contributed by atoms with Gasteiger partial charge < -0.3 is 15.0 Å². The van der Waals surface area contributed by atoms with Crippen molar-refractivity contribution in [3.05, 3.63) is 47.3 Å². The van der Waals surface area contributed by atoms with Crippen LogP contribution in [0.5, 0.6) is 0 Å². The molecule has 0 unspecified atom stereocenters. The monoisotopic (exact) mass is 368 g/mol. The number of amides is 1. The number of hydrogen-bond acceptors (Lipinski definition) is 6. The van der Waals surface area contributed by atoms with Gasteiger partial charge >= 0.3 is 5.97 Å². The van der Waals surface area contributed by atoms with E-state index >= 15 is 0 Å². The summed E-state index contributed by atoms with van der Waals surface area (Å²) in [6, 6.07) is 8.21. The smallest absolute Gasteiger partial charge is 0.337 e. The predicted octanol–water partition coefficient (Wildman–Crippen LogP) is 3.20. The molecule has 3 rings (SSSR count). The van der Waals surface area contributed by atoms with Gasteiger partial charge in [-0.2, -0.15) is 0 Å². The fraction of sp³-hybridized carbons (Fsp3) is 0.400. The number of nitrogens with one attached hydrogen (secondary N) is 1. The highest BCUT2D eigenvalue weighted by Crippen LogP contribution is 2.18. The van der Waals surface area contributed by atoms with Crippen molar-refractivity contribution < 1.29 is 14.3 Å². The molecule has 142 valence electrons. The maximum atomic E-state index is 12.6. The van der Waals surface area contributed by atoms with E-state index in [9.17, 15) is 9.59 Å². The summed E-state index contributed by atoms with van der Waals surface area (Å²) in [5.41, 5.74) is 2.10. The van der Waals surface area contributed by atoms with E-state index in [0.29, 0.717) is 22.9 Å². The van der Waals surface area contributed by atoms with E-state index in [1.165, 1.54) is 20.0 Å². The number of rotatable bonds is 4. The second kappa shape index (κ2) is 8.62. The number of carbonyl (C=O) groups excluding carboxylic acids is 2. The average Bonchev–Trinajstić information content (AvgIpc) is 2.97. The lowest BCUT2D eigenvalue weighted by Gasteiger charge is -2.21. The van der Waals surface area contributed by atoms with Gasteiger partial charge in [0.1, 0.15) is 5.69 Å². The van der Waals surface area contributed by atoms with Crippen molar-refractivity contribution >= 4 is 23.5 Å². The third kappa shape index (κ3) is 4.81. The van der Waals surface area contributed by atoms with Crippen LogP contribution >= 0.6 is 0 Å². The average molecular weight is 368 g/mol. The maximum Gasteiger partial charge on any atom is 0.337 e. The van der Waals surface area contributed by atoms with E-state index in [1.54, 1.807) is 30.3 Å². The van der Waals surface area contributed by atoms with Crippen LogP contribution < -0.4 is 10.2 Å². The second-order valence-electron chi connectivity index (χ2n) is 6.62. The number of aryl methyl sites for hydroxylation is 1. The van der Waals surface area contributed by atoms with Crippen LogP contribution in [-0.2, 0) is 4.74 Å². The largest absolute Gasteiger partial charge is 0.465 e. The minimum atomic E-state index is -0.415. The molecule has 0 radical (unpaired) electrons. The number of anilines is 2. The highest BCUT2D eigenvalue weighted by atomic mass is 16.5. The zero-order valence-electron chi connectivity index (χ0n) is 15.7. The Hall–Kier alpha value is -2.96. The van der Waals surface area contributed by atoms with E-state index < -0.39 is 5.97 Å². The summed E-state index contributed by atoms with van der Waals surface area (Å²) in [6.45, 7) is 3.70. The number of aromatic nitrogens is 2. The van der Waals surface area contributed by atoms with Gasteiger partial charge in [-0.3, -0.25) is 4.79 Å². The fourth-order valence-electron chi connectivity index (χ4n) is 3.08. The van der Waals surface area contributed by atoms with Crippen LogP contribution in [0.2, 0.25) is 0 Å². The molecular formula is C20H24N4O3. The van der Waals surface area contributed by atoms with Crippen molar-refractivity contribution in [2.75, 3.05) is 30.4 Å². The number of ether oxygens (including phenoxy) is 1. The number of nitrogens with zero attached hydrogens (tertiary/aromatic N) is 3. The Bertz CT molecular complexity index is 812. The van der Waals surface area contributed by atoms with Gasteiger partial charge in [0, 0.05) is 24.5 Å². The quantitative estimate of drug-likeness (QED) is 0.834. The molecule has 1 saturated heterocycles. The highest BCUT2D eigenvalue weighted by molar-refractivity contribution is 6.03. The molecule has 0 bridgehead atoms. The van der Waals surface area contributed by atoms with Gasteiger partial charge in [-0.25, -0.2) is 14.8 Å². The van der Waals surface area contributed by atoms with Gasteiger partial charge in [-0.05, 0) is 50.1 Å². The summed E-state index contributed by atoms with van der Waals surface area (Å²) in [7, 11) is 1.33. The SMILES string of the molecule is COC(=O)c1ccc(NC(=O)c2cc(C)nc(N3CCCCCC3)n2)cc1. The first-order chi connectivity index (χ1) is 13.1. The molecule has 2 heterocycles. The van der Waals surface area contributed by atoms with E-state index in [-0.39, 0.29) is 5.91 Å². The summed E-state index contributed by atoms with van der Waals surface area (Å²) < 4.78 is 4.67. The van der Waals surface area contributed by atoms with Crippen LogP contribution in [0.1, 0.15) is 52.2 Å². The van der Waals surface area contributed by atoms with Crippen LogP contribution in [0.25, 0.3) is 0 Å². The summed E-state index contributed by atoms with van der Waals surface area (Å²) in [6.07, 6.45) is 4.67. The molecule has 1 N–H and O–H groups in total. The molecule has 1 aromatic heterocycles. The molecule has 1 fully saturated rings. The van der Waals surface area contributed by atoms with Gasteiger partial charge in [-0.15, -0.1) is 0 Å². The molecule has 0 saturated carbocycles. The molecular weight excluding hydrogens is 344 g/mol. The van der Waals surface area contributed by atoms with Gasteiger partial charge in [0.25, 0.3) is 5.91 Å². The fourth-order valence-corrected chi connectivity index (χ4v) is 3.08. The minimum absolute atomic E-state index is 0.303. The third-order valence-electron chi connectivity index (χ3n) is 4.53. The zero-order chi connectivity index (χ0) is 19.2. The van der Waals surface area contributed by atoms with Crippen molar-refractivity contribution in [3.63, 3.8) is 0 Å². The molecule has 7 nitrogen and oxygen atoms in total. The highest BCUT2D eigenvalue weighted by Gasteiger charge is 2.17. The van der Waals surface area contributed by atoms with Crippen LogP contribution in [-0.4, -0.2) is 42.0 Å². The predicted molar refractivity (Wildman–Crippen MR) is 103 cm³/mol. The Morgan fingerprint density at radius 2 is 1.70 bits per heavy atom. The van der Waals surface area contributed by atoms with Crippen molar-refractivity contribution in [3.8, 4) is 0 Å². The maximum absolute atomic E-state index is 12.6. The lowest BCUT2D eigenvalue weighted by atomic mass is 10.2. The number of methoxy groups -OCH3 is 1. The number of benzene rings is 1. The standard InChI is InChI=1S/C20H24N4O3/c1-14-13-17(23-20(21-14)24-11-5-3-4-6-12-24)18(25)22-16-9-7-15(8-10-16)19(26)27-2/h7-10,13H,3-6,11-12H2,1-2H3,(H,22,25). The van der Waals surface area contributed by atoms with E-state index in [1.807, 2.05) is 6.92 Å². The minimum Gasteiger partial charge on any atom is -0.465 e. The van der Waals surface area contributed by atoms with Gasteiger partial charge in [-0.1, -0.05) is 12.8 Å². The summed E-state index contributed by atoms with van der Waals surface area (Å²) in [5, 5.41) is 2.81. The van der Waals surface area contributed by atoms with Crippen molar-refractivity contribution in [1.82, 2.24) is 9.97 Å². The van der Waals surface area contributed by atoms with Crippen LogP contribution in [0, 0.1) is 6.92 Å². The summed E-state index contributed by atoms with van der Waals surface area (Å²) >= 11 is 0. The Balaban J connectivity index is 1.75. The van der Waals surface area contributed by atoms with Crippen LogP contribution in [0.3, 0.4) is 0 Å². The molecule has 1 aromatic carbocycles. The van der Waals surface area contributed by atoms with E-state index in [4.69, 9.17) is 0 Å². The molecule has 0 atom stereocenters. The molecule has 7 heteroatoms. The Morgan fingerprint density at radius 3 is 2.33 bits per heavy atom. The first-order valence-electron chi connectivity index (χ1n) is 9.17. The van der Waals surface area contributed by atoms with E-state index in [2.05, 4.69) is 24.9 Å². The van der Waals surface area contributed by atoms with Crippen LogP contribution in [0.4, 0.5) is 11.6 Å². The molecule has 2 aromatic rings. The van der Waals surface area contributed by atoms with Crippen molar-refractivity contribution in [2.24, 2.45) is 0 Å². The topological polar surface area (TPSA) is 84.4 Å². The summed E-state index contributed by atoms with van der Waals surface area (Å²) in [4.78, 5) is 35.3. The first kappa shape index (κ1) is 18.8. The van der Waals surface area contributed by atoms with Gasteiger partial charge in [0.15, 0.2) is 0 Å². The van der Waals surface area contributed by atoms with Gasteiger partial charge in [0.05, 0.1) is 12.7 Å². The molecule has 27 heavy (non-hydrogen) atoms. The lowest BCUT2D eigenvalue weighted by molar-refractivity contribution is 0.0600. The van der Waals surface area contributed by atoms with Crippen LogP contribution in [0.15, 0.2) is 30.3 Å². The number of esters is 1. The number of carbonyl (C=O) groups is 2. The van der Waals surface area contributed by atoms with E-state index in [0.717, 1.165) is 31.6 Å². The zero-order valence-corrected chi connectivity index (χ0v) is 15.7. The molecule has 1 aliphatic rings. The van der Waals surface area contributed by atoms with Crippen molar-refractivity contribution in [1.29, 1.82) is 0 Å². The Labute approximate surface area is 158 Å². The second-order valence-corrected chi connectivity index (χ2v) is 6.62. The number of hydrogen-bond donors (Lipinski definition) is 1. The lowest BCUT2D eigenvalue weighted by Crippen LogP contribution is -2.27. The van der Waals surface area contributed by atoms with Crippen molar-refractivity contribution in [2.45, 2.75) is 32.6 Å². The molecule has 1 amide bonds. The molecule has 0 spiro atoms. The normalized spacial score (nSPS) is 14.4. The Kier molecular flexibility index (Phi) is 6.01. The molecule has 0 aliphatic carbocycles. The first-order valence-corrected chi connectivity index (χ1v) is 9.17. The summed E-state index contributed by atoms with van der Waals surface area (Å²) in [5.74, 6) is -0.105. The molecule has 1 aliphatic heterocycles. The van der Waals surface area contributed by atoms with Gasteiger partial charge in [0.2, 0.25) is 5.95 Å². The Morgan fingerprint density at radius 1 is 1.04 bits per heavy atom.